The van der Waals surface area contributed by atoms with Gasteiger partial charge in [0.15, 0.2) is 5.60 Å². The summed E-state index contributed by atoms with van der Waals surface area (Å²) in [6, 6.07) is 8.13. The molecule has 134 valence electrons. The molecule has 1 heterocycles. The van der Waals surface area contributed by atoms with Gasteiger partial charge < -0.3 is 9.64 Å². The maximum Gasteiger partial charge on any atom is 0.339 e. The van der Waals surface area contributed by atoms with E-state index in [4.69, 9.17) is 4.74 Å². The summed E-state index contributed by atoms with van der Waals surface area (Å²) >= 11 is 0. The highest BCUT2D eigenvalue weighted by molar-refractivity contribution is 5.97. The van der Waals surface area contributed by atoms with Crippen molar-refractivity contribution in [3.8, 4) is 0 Å². The molecule has 4 nitrogen and oxygen atoms in total. The summed E-state index contributed by atoms with van der Waals surface area (Å²) in [5, 5.41) is 0. The van der Waals surface area contributed by atoms with Crippen molar-refractivity contribution >= 4 is 11.9 Å². The van der Waals surface area contributed by atoms with Crippen molar-refractivity contribution in [2.24, 2.45) is 5.92 Å². The Morgan fingerprint density at radius 3 is 2.32 bits per heavy atom. The highest BCUT2D eigenvalue weighted by Crippen LogP contribution is 2.39. The van der Waals surface area contributed by atoms with Gasteiger partial charge in [0.25, 0.3) is 5.91 Å². The average Bonchev–Trinajstić information content (AvgIpc) is 3.41. The van der Waals surface area contributed by atoms with Gasteiger partial charge in [0, 0.05) is 18.5 Å². The molecule has 0 spiro atoms. The number of nitrogens with zero attached hydrogens (tertiary/aromatic N) is 1. The van der Waals surface area contributed by atoms with Crippen LogP contribution in [-0.4, -0.2) is 34.5 Å². The van der Waals surface area contributed by atoms with Crippen LogP contribution in [0.15, 0.2) is 24.3 Å². The second-order valence-electron chi connectivity index (χ2n) is 8.31. The SMILES string of the molecule is CC1CCC(N(C(=O)C2(C)Cc3ccccc3C(=O)O2)C2CC2)CC1. The normalized spacial score (nSPS) is 31.8. The van der Waals surface area contributed by atoms with Crippen molar-refractivity contribution in [3.05, 3.63) is 35.4 Å². The minimum atomic E-state index is -1.07. The van der Waals surface area contributed by atoms with Crippen LogP contribution in [0.5, 0.6) is 0 Å². The van der Waals surface area contributed by atoms with Crippen molar-refractivity contribution in [2.45, 2.75) is 76.5 Å². The van der Waals surface area contributed by atoms with Crippen molar-refractivity contribution in [2.75, 3.05) is 0 Å². The van der Waals surface area contributed by atoms with Crippen LogP contribution >= 0.6 is 0 Å². The van der Waals surface area contributed by atoms with Gasteiger partial charge in [-0.3, -0.25) is 4.79 Å². The average molecular weight is 341 g/mol. The summed E-state index contributed by atoms with van der Waals surface area (Å²) in [7, 11) is 0. The summed E-state index contributed by atoms with van der Waals surface area (Å²) in [5.41, 5.74) is 0.441. The molecule has 25 heavy (non-hydrogen) atoms. The van der Waals surface area contributed by atoms with E-state index in [0.717, 1.165) is 37.2 Å². The van der Waals surface area contributed by atoms with Gasteiger partial charge in [-0.25, -0.2) is 4.79 Å². The summed E-state index contributed by atoms with van der Waals surface area (Å²) < 4.78 is 5.70. The lowest BCUT2D eigenvalue weighted by molar-refractivity contribution is -0.155. The molecule has 0 radical (unpaired) electrons. The zero-order valence-electron chi connectivity index (χ0n) is 15.2. The van der Waals surface area contributed by atoms with E-state index in [-0.39, 0.29) is 11.9 Å². The van der Waals surface area contributed by atoms with Crippen molar-refractivity contribution in [3.63, 3.8) is 0 Å². The number of fused-ring (bicyclic) bond motifs is 1. The third-order valence-corrected chi connectivity index (χ3v) is 6.09. The Labute approximate surface area is 149 Å². The summed E-state index contributed by atoms with van der Waals surface area (Å²) in [6.45, 7) is 4.09. The van der Waals surface area contributed by atoms with Gasteiger partial charge >= 0.3 is 5.97 Å². The molecule has 1 amide bonds. The van der Waals surface area contributed by atoms with Crippen LogP contribution < -0.4 is 0 Å². The van der Waals surface area contributed by atoms with Gasteiger partial charge in [-0.05, 0) is 63.0 Å². The molecule has 1 atom stereocenters. The first-order chi connectivity index (χ1) is 12.0. The number of rotatable bonds is 3. The number of benzene rings is 1. The minimum Gasteiger partial charge on any atom is -0.445 e. The zero-order valence-corrected chi connectivity index (χ0v) is 15.2. The van der Waals surface area contributed by atoms with E-state index >= 15 is 0 Å². The van der Waals surface area contributed by atoms with Gasteiger partial charge in [0.2, 0.25) is 0 Å². The molecule has 0 saturated heterocycles. The topological polar surface area (TPSA) is 46.6 Å². The molecular formula is C21H27NO3. The van der Waals surface area contributed by atoms with E-state index < -0.39 is 5.60 Å². The molecule has 3 aliphatic rings. The number of hydrogen-bond donors (Lipinski definition) is 0. The van der Waals surface area contributed by atoms with Gasteiger partial charge in [0.05, 0.1) is 5.56 Å². The molecule has 0 N–H and O–H groups in total. The standard InChI is InChI=1S/C21H27NO3/c1-14-7-9-16(10-8-14)22(17-11-12-17)20(24)21(2)13-15-5-3-4-6-18(15)19(23)25-21/h3-6,14,16-17H,7-13H2,1-2H3. The lowest BCUT2D eigenvalue weighted by Crippen LogP contribution is -2.57. The number of ether oxygens (including phenoxy) is 1. The van der Waals surface area contributed by atoms with E-state index in [1.54, 1.807) is 13.0 Å². The molecule has 4 heteroatoms. The zero-order chi connectivity index (χ0) is 17.6. The van der Waals surface area contributed by atoms with E-state index in [1.807, 2.05) is 18.2 Å². The Balaban J connectivity index is 1.59. The molecule has 0 bridgehead atoms. The molecule has 1 aromatic carbocycles. The lowest BCUT2D eigenvalue weighted by Gasteiger charge is -2.42. The Morgan fingerprint density at radius 2 is 1.68 bits per heavy atom. The van der Waals surface area contributed by atoms with Crippen LogP contribution in [-0.2, 0) is 16.0 Å². The van der Waals surface area contributed by atoms with Crippen molar-refractivity contribution in [1.29, 1.82) is 0 Å². The number of amides is 1. The number of cyclic esters (lactones) is 1. The number of carbonyl (C=O) groups excluding carboxylic acids is 2. The van der Waals surface area contributed by atoms with E-state index in [2.05, 4.69) is 11.8 Å². The minimum absolute atomic E-state index is 0.0115. The predicted molar refractivity (Wildman–Crippen MR) is 95.3 cm³/mol. The van der Waals surface area contributed by atoms with Gasteiger partial charge in [-0.15, -0.1) is 0 Å². The Kier molecular flexibility index (Phi) is 4.09. The van der Waals surface area contributed by atoms with Crippen LogP contribution in [0.1, 0.15) is 68.3 Å². The highest BCUT2D eigenvalue weighted by Gasteiger charge is 2.49. The first kappa shape index (κ1) is 16.6. The Hall–Kier alpha value is -1.84. The third kappa shape index (κ3) is 3.07. The molecule has 1 aromatic rings. The first-order valence-electron chi connectivity index (χ1n) is 9.62. The first-order valence-corrected chi connectivity index (χ1v) is 9.62. The van der Waals surface area contributed by atoms with Crippen LogP contribution in [0.4, 0.5) is 0 Å². The van der Waals surface area contributed by atoms with Crippen molar-refractivity contribution < 1.29 is 14.3 Å². The fourth-order valence-electron chi connectivity index (χ4n) is 4.43. The van der Waals surface area contributed by atoms with Gasteiger partial charge in [0.1, 0.15) is 0 Å². The smallest absolute Gasteiger partial charge is 0.339 e. The fourth-order valence-corrected chi connectivity index (χ4v) is 4.43. The molecule has 2 saturated carbocycles. The Bertz CT molecular complexity index is 688. The predicted octanol–water partition coefficient (Wildman–Crippen LogP) is 3.73. The Morgan fingerprint density at radius 1 is 1.08 bits per heavy atom. The third-order valence-electron chi connectivity index (χ3n) is 6.09. The molecule has 0 aromatic heterocycles. The second-order valence-corrected chi connectivity index (χ2v) is 8.31. The van der Waals surface area contributed by atoms with Crippen LogP contribution in [0, 0.1) is 5.92 Å². The summed E-state index contributed by atoms with van der Waals surface area (Å²) in [6.07, 6.45) is 7.14. The number of esters is 1. The lowest BCUT2D eigenvalue weighted by atomic mass is 9.84. The number of carbonyl (C=O) groups is 2. The van der Waals surface area contributed by atoms with Crippen LogP contribution in [0.2, 0.25) is 0 Å². The van der Waals surface area contributed by atoms with Gasteiger partial charge in [-0.2, -0.15) is 0 Å². The van der Waals surface area contributed by atoms with Crippen molar-refractivity contribution in [1.82, 2.24) is 4.90 Å². The summed E-state index contributed by atoms with van der Waals surface area (Å²) in [4.78, 5) is 28.0. The van der Waals surface area contributed by atoms with Crippen LogP contribution in [0.3, 0.4) is 0 Å². The van der Waals surface area contributed by atoms with E-state index in [1.165, 1.54) is 12.8 Å². The molecular weight excluding hydrogens is 314 g/mol. The maximum atomic E-state index is 13.5. The monoisotopic (exact) mass is 341 g/mol. The molecule has 2 aliphatic carbocycles. The quantitative estimate of drug-likeness (QED) is 0.787. The van der Waals surface area contributed by atoms with E-state index in [9.17, 15) is 9.59 Å². The van der Waals surface area contributed by atoms with Crippen LogP contribution in [0.25, 0.3) is 0 Å². The molecule has 1 unspecified atom stereocenters. The molecule has 4 rings (SSSR count). The summed E-state index contributed by atoms with van der Waals surface area (Å²) in [5.74, 6) is 0.394. The molecule has 2 fully saturated rings. The number of hydrogen-bond acceptors (Lipinski definition) is 3. The largest absolute Gasteiger partial charge is 0.445 e. The maximum absolute atomic E-state index is 13.5. The van der Waals surface area contributed by atoms with E-state index in [0.29, 0.717) is 24.1 Å². The molecule has 1 aliphatic heterocycles. The second kappa shape index (κ2) is 6.15. The fraction of sp³-hybridized carbons (Fsp3) is 0.619. The van der Waals surface area contributed by atoms with Gasteiger partial charge in [-0.1, -0.05) is 25.1 Å². The highest BCUT2D eigenvalue weighted by atomic mass is 16.6.